The number of benzene rings is 1. The van der Waals surface area contributed by atoms with Crippen LogP contribution >= 0.6 is 0 Å². The second-order valence-corrected chi connectivity index (χ2v) is 6.30. The van der Waals surface area contributed by atoms with E-state index >= 15 is 0 Å². The number of halogens is 2. The summed E-state index contributed by atoms with van der Waals surface area (Å²) in [6.45, 7) is -0.522. The molecule has 0 saturated heterocycles. The fourth-order valence-electron chi connectivity index (χ4n) is 2.97. The molecular formula is C18H21F2N3O. The lowest BCUT2D eigenvalue weighted by Gasteiger charge is -2.26. The van der Waals surface area contributed by atoms with E-state index in [2.05, 4.69) is 26.9 Å². The molecule has 3 rings (SSSR count). The predicted molar refractivity (Wildman–Crippen MR) is 89.1 cm³/mol. The van der Waals surface area contributed by atoms with E-state index in [-0.39, 0.29) is 5.75 Å². The molecular weight excluding hydrogens is 312 g/mol. The van der Waals surface area contributed by atoms with Crippen LogP contribution in [0, 0.1) is 5.92 Å². The van der Waals surface area contributed by atoms with Crippen molar-refractivity contribution in [1.29, 1.82) is 0 Å². The van der Waals surface area contributed by atoms with Gasteiger partial charge in [0.05, 0.1) is 0 Å². The molecule has 0 spiro atoms. The first-order chi connectivity index (χ1) is 11.6. The van der Waals surface area contributed by atoms with Crippen LogP contribution in [0.3, 0.4) is 0 Å². The summed E-state index contributed by atoms with van der Waals surface area (Å²) in [6.07, 6.45) is 8.26. The predicted octanol–water partition coefficient (Wildman–Crippen LogP) is 4.74. The number of anilines is 1. The van der Waals surface area contributed by atoms with Crippen LogP contribution < -0.4 is 10.1 Å². The van der Waals surface area contributed by atoms with Gasteiger partial charge in [-0.3, -0.25) is 0 Å². The van der Waals surface area contributed by atoms with Crippen LogP contribution in [0.25, 0.3) is 11.1 Å². The van der Waals surface area contributed by atoms with Gasteiger partial charge in [-0.05, 0) is 49.3 Å². The lowest BCUT2D eigenvalue weighted by atomic mass is 9.87. The number of rotatable bonds is 5. The molecule has 4 nitrogen and oxygen atoms in total. The quantitative estimate of drug-likeness (QED) is 0.859. The Hall–Kier alpha value is -2.24. The number of aromatic nitrogens is 2. The topological polar surface area (TPSA) is 47.0 Å². The Morgan fingerprint density at radius 1 is 1.00 bits per heavy atom. The molecule has 0 bridgehead atoms. The van der Waals surface area contributed by atoms with Crippen LogP contribution in [-0.4, -0.2) is 22.6 Å². The molecule has 1 saturated carbocycles. The maximum absolute atomic E-state index is 12.2. The van der Waals surface area contributed by atoms with Crippen molar-refractivity contribution in [1.82, 2.24) is 9.97 Å². The SMILES string of the molecule is C[C@H]1CC[C@H](Nc2ncc(-c3ccc(OC(F)F)cc3)cn2)CC1. The van der Waals surface area contributed by atoms with Gasteiger partial charge in [0, 0.05) is 24.0 Å². The molecule has 24 heavy (non-hydrogen) atoms. The van der Waals surface area contributed by atoms with Crippen LogP contribution in [0.2, 0.25) is 0 Å². The Morgan fingerprint density at radius 3 is 2.21 bits per heavy atom. The average Bonchev–Trinajstić information content (AvgIpc) is 2.58. The lowest BCUT2D eigenvalue weighted by Crippen LogP contribution is -2.26. The van der Waals surface area contributed by atoms with E-state index in [0.717, 1.165) is 29.9 Å². The fraction of sp³-hybridized carbons (Fsp3) is 0.444. The zero-order valence-electron chi connectivity index (χ0n) is 13.6. The van der Waals surface area contributed by atoms with E-state index in [0.29, 0.717) is 12.0 Å². The van der Waals surface area contributed by atoms with Gasteiger partial charge in [-0.25, -0.2) is 9.97 Å². The first kappa shape index (κ1) is 16.6. The highest BCUT2D eigenvalue weighted by Gasteiger charge is 2.18. The van der Waals surface area contributed by atoms with Gasteiger partial charge in [-0.2, -0.15) is 8.78 Å². The molecule has 2 aromatic rings. The summed E-state index contributed by atoms with van der Waals surface area (Å²) >= 11 is 0. The van der Waals surface area contributed by atoms with E-state index in [1.165, 1.54) is 25.0 Å². The highest BCUT2D eigenvalue weighted by Crippen LogP contribution is 2.26. The van der Waals surface area contributed by atoms with Crippen molar-refractivity contribution in [3.05, 3.63) is 36.7 Å². The number of ether oxygens (including phenoxy) is 1. The van der Waals surface area contributed by atoms with Gasteiger partial charge >= 0.3 is 6.61 Å². The lowest BCUT2D eigenvalue weighted by molar-refractivity contribution is -0.0498. The number of nitrogens with one attached hydrogen (secondary N) is 1. The Kier molecular flexibility index (Phi) is 5.23. The largest absolute Gasteiger partial charge is 0.435 e. The minimum Gasteiger partial charge on any atom is -0.435 e. The molecule has 1 heterocycles. The third kappa shape index (κ3) is 4.40. The first-order valence-electron chi connectivity index (χ1n) is 8.24. The second kappa shape index (κ2) is 7.55. The summed E-state index contributed by atoms with van der Waals surface area (Å²) in [5, 5.41) is 3.39. The van der Waals surface area contributed by atoms with Crippen LogP contribution in [0.15, 0.2) is 36.7 Å². The normalized spacial score (nSPS) is 20.8. The monoisotopic (exact) mass is 333 g/mol. The molecule has 6 heteroatoms. The molecule has 0 amide bonds. The van der Waals surface area contributed by atoms with Crippen LogP contribution in [0.5, 0.6) is 5.75 Å². The van der Waals surface area contributed by atoms with Crippen molar-refractivity contribution >= 4 is 5.95 Å². The maximum atomic E-state index is 12.2. The Morgan fingerprint density at radius 2 is 1.62 bits per heavy atom. The van der Waals surface area contributed by atoms with E-state index in [4.69, 9.17) is 0 Å². The Balaban J connectivity index is 1.61. The van der Waals surface area contributed by atoms with Crippen molar-refractivity contribution in [3.8, 4) is 16.9 Å². The molecule has 128 valence electrons. The number of hydrogen-bond donors (Lipinski definition) is 1. The molecule has 0 radical (unpaired) electrons. The summed E-state index contributed by atoms with van der Waals surface area (Å²) in [7, 11) is 0. The number of hydrogen-bond acceptors (Lipinski definition) is 4. The molecule has 0 atom stereocenters. The summed E-state index contributed by atoms with van der Waals surface area (Å²) in [6, 6.07) is 6.89. The maximum Gasteiger partial charge on any atom is 0.387 e. The minimum absolute atomic E-state index is 0.138. The highest BCUT2D eigenvalue weighted by atomic mass is 19.3. The Labute approximate surface area is 140 Å². The van der Waals surface area contributed by atoms with Gasteiger partial charge in [0.25, 0.3) is 0 Å². The third-order valence-electron chi connectivity index (χ3n) is 4.41. The van der Waals surface area contributed by atoms with Crippen molar-refractivity contribution in [2.75, 3.05) is 5.32 Å². The second-order valence-electron chi connectivity index (χ2n) is 6.30. The van der Waals surface area contributed by atoms with Gasteiger partial charge < -0.3 is 10.1 Å². The molecule has 1 fully saturated rings. The molecule has 1 N–H and O–H groups in total. The van der Waals surface area contributed by atoms with Crippen molar-refractivity contribution < 1.29 is 13.5 Å². The Bertz CT molecular complexity index is 638. The van der Waals surface area contributed by atoms with Gasteiger partial charge in [0.15, 0.2) is 0 Å². The van der Waals surface area contributed by atoms with Gasteiger partial charge in [-0.1, -0.05) is 19.1 Å². The van der Waals surface area contributed by atoms with Gasteiger partial charge in [0.1, 0.15) is 5.75 Å². The third-order valence-corrected chi connectivity index (χ3v) is 4.41. The van der Waals surface area contributed by atoms with Gasteiger partial charge in [0.2, 0.25) is 5.95 Å². The van der Waals surface area contributed by atoms with E-state index in [1.54, 1.807) is 24.5 Å². The molecule has 1 aromatic heterocycles. The zero-order chi connectivity index (χ0) is 16.9. The highest BCUT2D eigenvalue weighted by molar-refractivity contribution is 5.62. The van der Waals surface area contributed by atoms with Crippen molar-refractivity contribution in [2.24, 2.45) is 5.92 Å². The van der Waals surface area contributed by atoms with Crippen LogP contribution in [-0.2, 0) is 0 Å². The van der Waals surface area contributed by atoms with E-state index < -0.39 is 6.61 Å². The zero-order valence-corrected chi connectivity index (χ0v) is 13.6. The van der Waals surface area contributed by atoms with Crippen LogP contribution in [0.4, 0.5) is 14.7 Å². The molecule has 0 unspecified atom stereocenters. The number of alkyl halides is 2. The van der Waals surface area contributed by atoms with Crippen molar-refractivity contribution in [2.45, 2.75) is 45.3 Å². The van der Waals surface area contributed by atoms with Crippen molar-refractivity contribution in [3.63, 3.8) is 0 Å². The minimum atomic E-state index is -2.81. The molecule has 0 aliphatic heterocycles. The van der Waals surface area contributed by atoms with E-state index in [9.17, 15) is 8.78 Å². The summed E-state index contributed by atoms with van der Waals surface area (Å²) in [4.78, 5) is 8.73. The van der Waals surface area contributed by atoms with E-state index in [1.807, 2.05) is 0 Å². The summed E-state index contributed by atoms with van der Waals surface area (Å²) in [5.74, 6) is 1.58. The first-order valence-corrected chi connectivity index (χ1v) is 8.24. The smallest absolute Gasteiger partial charge is 0.387 e. The molecule has 1 aromatic carbocycles. The van der Waals surface area contributed by atoms with Gasteiger partial charge in [-0.15, -0.1) is 0 Å². The average molecular weight is 333 g/mol. The molecule has 1 aliphatic rings. The molecule has 1 aliphatic carbocycles. The van der Waals surface area contributed by atoms with Crippen LogP contribution in [0.1, 0.15) is 32.6 Å². The fourth-order valence-corrected chi connectivity index (χ4v) is 2.97. The number of nitrogens with zero attached hydrogens (tertiary/aromatic N) is 2. The summed E-state index contributed by atoms with van der Waals surface area (Å²) in [5.41, 5.74) is 1.69. The summed E-state index contributed by atoms with van der Waals surface area (Å²) < 4.78 is 28.6. The standard InChI is InChI=1S/C18H21F2N3O/c1-12-2-6-15(7-3-12)23-18-21-10-14(11-22-18)13-4-8-16(9-5-13)24-17(19)20/h4-5,8-12,15,17H,2-3,6-7H2,1H3,(H,21,22,23)/t12-,15-.